The first-order valence-electron chi connectivity index (χ1n) is 6.84. The van der Waals surface area contributed by atoms with Crippen LogP contribution in [0.5, 0.6) is 0 Å². The minimum absolute atomic E-state index is 0.512. The largest absolute Gasteiger partial charge is 0.384 e. The first kappa shape index (κ1) is 13.8. The fraction of sp³-hybridized carbons (Fsp3) is 0.353. The Labute approximate surface area is 115 Å². The van der Waals surface area contributed by atoms with Crippen LogP contribution in [0.1, 0.15) is 55.0 Å². The number of aryl methyl sites for hydroxylation is 1. The number of aliphatic hydroxyl groups excluding tert-OH is 1. The van der Waals surface area contributed by atoms with Gasteiger partial charge in [0.1, 0.15) is 6.10 Å². The van der Waals surface area contributed by atoms with Gasteiger partial charge in [-0.1, -0.05) is 45.0 Å². The molecule has 19 heavy (non-hydrogen) atoms. The molecule has 0 spiro atoms. The van der Waals surface area contributed by atoms with Crippen molar-refractivity contribution in [1.82, 2.24) is 4.98 Å². The fourth-order valence-electron chi connectivity index (χ4n) is 2.24. The number of nitrogens with zero attached hydrogens (tertiary/aromatic N) is 1. The van der Waals surface area contributed by atoms with Crippen LogP contribution in [-0.2, 0) is 6.42 Å². The van der Waals surface area contributed by atoms with Gasteiger partial charge in [-0.2, -0.15) is 0 Å². The monoisotopic (exact) mass is 255 g/mol. The van der Waals surface area contributed by atoms with Gasteiger partial charge in [-0.25, -0.2) is 0 Å². The molecule has 0 fully saturated rings. The summed E-state index contributed by atoms with van der Waals surface area (Å²) < 4.78 is 0. The predicted molar refractivity (Wildman–Crippen MR) is 78.2 cm³/mol. The van der Waals surface area contributed by atoms with Crippen LogP contribution in [-0.4, -0.2) is 10.1 Å². The Morgan fingerprint density at radius 3 is 2.26 bits per heavy atom. The van der Waals surface area contributed by atoms with Gasteiger partial charge < -0.3 is 5.11 Å². The third-order valence-corrected chi connectivity index (χ3v) is 3.54. The van der Waals surface area contributed by atoms with Crippen LogP contribution in [0, 0.1) is 0 Å². The van der Waals surface area contributed by atoms with Gasteiger partial charge in [-0.05, 0) is 40.7 Å². The second-order valence-electron chi connectivity index (χ2n) is 5.15. The van der Waals surface area contributed by atoms with E-state index in [2.05, 4.69) is 37.9 Å². The van der Waals surface area contributed by atoms with Crippen LogP contribution in [0.15, 0.2) is 42.7 Å². The smallest absolute Gasteiger partial charge is 0.104 e. The van der Waals surface area contributed by atoms with Crippen molar-refractivity contribution in [2.45, 2.75) is 39.2 Å². The zero-order chi connectivity index (χ0) is 13.8. The van der Waals surface area contributed by atoms with Gasteiger partial charge in [-0.3, -0.25) is 4.98 Å². The van der Waals surface area contributed by atoms with Crippen LogP contribution in [0.2, 0.25) is 0 Å². The van der Waals surface area contributed by atoms with E-state index in [0.717, 1.165) is 23.1 Å². The summed E-state index contributed by atoms with van der Waals surface area (Å²) in [6.07, 6.45) is 3.88. The molecule has 1 N–H and O–H groups in total. The number of aromatic nitrogens is 1. The van der Waals surface area contributed by atoms with E-state index in [9.17, 15) is 5.11 Å². The Morgan fingerprint density at radius 1 is 1.05 bits per heavy atom. The number of hydrogen-bond donors (Lipinski definition) is 1. The number of benzene rings is 1. The molecule has 0 bridgehead atoms. The van der Waals surface area contributed by atoms with E-state index < -0.39 is 6.10 Å². The average molecular weight is 255 g/mol. The third-order valence-electron chi connectivity index (χ3n) is 3.54. The Morgan fingerprint density at radius 2 is 1.68 bits per heavy atom. The standard InChI is InChI=1S/C17H21NO/c1-4-13-11-18-10-9-16(13)17(19)15-7-5-14(6-8-15)12(2)3/h5-12,17,19H,4H2,1-3H3. The van der Waals surface area contributed by atoms with E-state index in [-0.39, 0.29) is 0 Å². The van der Waals surface area contributed by atoms with Gasteiger partial charge in [0.15, 0.2) is 0 Å². The molecule has 0 saturated heterocycles. The maximum atomic E-state index is 10.5. The molecular weight excluding hydrogens is 234 g/mol. The van der Waals surface area contributed by atoms with E-state index in [1.165, 1.54) is 5.56 Å². The van der Waals surface area contributed by atoms with Gasteiger partial charge >= 0.3 is 0 Å². The van der Waals surface area contributed by atoms with Crippen molar-refractivity contribution in [3.8, 4) is 0 Å². The first-order valence-corrected chi connectivity index (χ1v) is 6.84. The van der Waals surface area contributed by atoms with Crippen LogP contribution in [0.4, 0.5) is 0 Å². The Hall–Kier alpha value is -1.67. The third kappa shape index (κ3) is 3.02. The molecule has 1 unspecified atom stereocenters. The molecule has 0 saturated carbocycles. The summed E-state index contributed by atoms with van der Waals surface area (Å²) in [4.78, 5) is 4.12. The van der Waals surface area contributed by atoms with Crippen LogP contribution in [0.3, 0.4) is 0 Å². The van der Waals surface area contributed by atoms with E-state index in [4.69, 9.17) is 0 Å². The lowest BCUT2D eigenvalue weighted by Gasteiger charge is -2.15. The fourth-order valence-corrected chi connectivity index (χ4v) is 2.24. The summed E-state index contributed by atoms with van der Waals surface area (Å²) in [5.74, 6) is 0.512. The van der Waals surface area contributed by atoms with Crippen LogP contribution < -0.4 is 0 Å². The molecule has 100 valence electrons. The van der Waals surface area contributed by atoms with Gasteiger partial charge in [0.25, 0.3) is 0 Å². The van der Waals surface area contributed by atoms with Crippen molar-refractivity contribution in [3.63, 3.8) is 0 Å². The van der Waals surface area contributed by atoms with Crippen molar-refractivity contribution in [3.05, 3.63) is 65.0 Å². The highest BCUT2D eigenvalue weighted by Gasteiger charge is 2.14. The lowest BCUT2D eigenvalue weighted by atomic mass is 9.95. The summed E-state index contributed by atoms with van der Waals surface area (Å²) in [7, 11) is 0. The van der Waals surface area contributed by atoms with Crippen molar-refractivity contribution in [2.24, 2.45) is 0 Å². The second kappa shape index (κ2) is 5.98. The highest BCUT2D eigenvalue weighted by Crippen LogP contribution is 2.26. The summed E-state index contributed by atoms with van der Waals surface area (Å²) in [5.41, 5.74) is 4.28. The quantitative estimate of drug-likeness (QED) is 0.900. The van der Waals surface area contributed by atoms with Crippen molar-refractivity contribution < 1.29 is 5.11 Å². The minimum Gasteiger partial charge on any atom is -0.384 e. The lowest BCUT2D eigenvalue weighted by Crippen LogP contribution is -2.04. The summed E-state index contributed by atoms with van der Waals surface area (Å²) in [6.45, 7) is 6.42. The summed E-state index contributed by atoms with van der Waals surface area (Å²) in [5, 5.41) is 10.5. The molecular formula is C17H21NO. The van der Waals surface area contributed by atoms with Crippen LogP contribution >= 0.6 is 0 Å². The molecule has 0 amide bonds. The molecule has 2 aromatic rings. The number of rotatable bonds is 4. The molecule has 2 rings (SSSR count). The lowest BCUT2D eigenvalue weighted by molar-refractivity contribution is 0.219. The number of aliphatic hydroxyl groups is 1. The van der Waals surface area contributed by atoms with Crippen molar-refractivity contribution in [1.29, 1.82) is 0 Å². The van der Waals surface area contributed by atoms with Crippen molar-refractivity contribution in [2.75, 3.05) is 0 Å². The van der Waals surface area contributed by atoms with E-state index in [1.54, 1.807) is 6.20 Å². The van der Waals surface area contributed by atoms with Gasteiger partial charge in [0, 0.05) is 12.4 Å². The SMILES string of the molecule is CCc1cnccc1C(O)c1ccc(C(C)C)cc1. The second-order valence-corrected chi connectivity index (χ2v) is 5.15. The molecule has 1 aromatic carbocycles. The maximum absolute atomic E-state index is 10.5. The molecule has 0 radical (unpaired) electrons. The Kier molecular flexibility index (Phi) is 4.33. The first-order chi connectivity index (χ1) is 9.13. The molecule has 0 aliphatic rings. The summed E-state index contributed by atoms with van der Waals surface area (Å²) >= 11 is 0. The molecule has 0 aliphatic heterocycles. The number of pyridine rings is 1. The van der Waals surface area contributed by atoms with E-state index in [0.29, 0.717) is 5.92 Å². The maximum Gasteiger partial charge on any atom is 0.104 e. The predicted octanol–water partition coefficient (Wildman–Crippen LogP) is 3.85. The zero-order valence-corrected chi connectivity index (χ0v) is 11.8. The Balaban J connectivity index is 2.30. The summed E-state index contributed by atoms with van der Waals surface area (Å²) in [6, 6.07) is 10.1. The molecule has 1 aromatic heterocycles. The molecule has 0 aliphatic carbocycles. The van der Waals surface area contributed by atoms with Gasteiger partial charge in [0.2, 0.25) is 0 Å². The highest BCUT2D eigenvalue weighted by molar-refractivity contribution is 5.35. The molecule has 1 atom stereocenters. The minimum atomic E-state index is -0.570. The molecule has 1 heterocycles. The number of hydrogen-bond acceptors (Lipinski definition) is 2. The normalized spacial score (nSPS) is 12.7. The molecule has 2 nitrogen and oxygen atoms in total. The van der Waals surface area contributed by atoms with E-state index in [1.807, 2.05) is 24.4 Å². The molecule has 2 heteroatoms. The van der Waals surface area contributed by atoms with Gasteiger partial charge in [-0.15, -0.1) is 0 Å². The topological polar surface area (TPSA) is 33.1 Å². The van der Waals surface area contributed by atoms with E-state index >= 15 is 0 Å². The van der Waals surface area contributed by atoms with Gasteiger partial charge in [0.05, 0.1) is 0 Å². The Bertz CT molecular complexity index is 531. The van der Waals surface area contributed by atoms with Crippen molar-refractivity contribution >= 4 is 0 Å². The average Bonchev–Trinajstić information content (AvgIpc) is 2.46. The zero-order valence-electron chi connectivity index (χ0n) is 11.8. The van der Waals surface area contributed by atoms with Crippen LogP contribution in [0.25, 0.3) is 0 Å². The highest BCUT2D eigenvalue weighted by atomic mass is 16.3.